The van der Waals surface area contributed by atoms with Crippen LogP contribution in [0.25, 0.3) is 0 Å². The van der Waals surface area contributed by atoms with E-state index in [2.05, 4.69) is 0 Å². The fraction of sp³-hybridized carbons (Fsp3) is 1.00. The van der Waals surface area contributed by atoms with Crippen molar-refractivity contribution in [1.29, 1.82) is 0 Å². The molecule has 22 heavy (non-hydrogen) atoms. The number of hydrogen-bond acceptors (Lipinski definition) is 0. The van der Waals surface area contributed by atoms with E-state index in [1.807, 2.05) is 0 Å². The molecule has 11 fully saturated rings. The quantitative estimate of drug-likeness (QED) is 0.620. The summed E-state index contributed by atoms with van der Waals surface area (Å²) in [5.41, 5.74) is 8.09. The Kier molecular flexibility index (Phi) is 0.738. The first kappa shape index (κ1) is 9.47. The molecule has 11 aliphatic rings. The van der Waals surface area contributed by atoms with E-state index in [-0.39, 0.29) is 0 Å². The van der Waals surface area contributed by atoms with E-state index in [4.69, 9.17) is 0 Å². The van der Waals surface area contributed by atoms with Crippen LogP contribution in [0.5, 0.6) is 0 Å². The first-order chi connectivity index (χ1) is 10.8. The highest BCUT2D eigenvalue weighted by molar-refractivity contribution is 5.74. The summed E-state index contributed by atoms with van der Waals surface area (Å²) in [6, 6.07) is 0. The zero-order chi connectivity index (χ0) is 13.4. The second-order valence-corrected chi connectivity index (χ2v) is 12.5. The molecule has 0 nitrogen and oxygen atoms in total. The third-order valence-electron chi connectivity index (χ3n) is 15.4. The Labute approximate surface area is 131 Å². The molecule has 0 radical (unpaired) electrons. The molecule has 12 atom stereocenters. The van der Waals surface area contributed by atoms with Gasteiger partial charge in [0.2, 0.25) is 0 Å². The summed E-state index contributed by atoms with van der Waals surface area (Å²) in [5, 5.41) is 0. The van der Waals surface area contributed by atoms with Crippen molar-refractivity contribution < 1.29 is 0 Å². The molecule has 0 heterocycles. The van der Waals surface area contributed by atoms with E-state index >= 15 is 0 Å². The Bertz CT molecular complexity index is 788. The van der Waals surface area contributed by atoms with E-state index in [1.54, 1.807) is 64.2 Å². The molecule has 12 unspecified atom stereocenters. The van der Waals surface area contributed by atoms with E-state index in [9.17, 15) is 0 Å². The predicted octanol–water partition coefficient (Wildman–Crippen LogP) is 4.39. The summed E-state index contributed by atoms with van der Waals surface area (Å²) in [5.74, 6) is 5.08. The van der Waals surface area contributed by atoms with Gasteiger partial charge in [0.05, 0.1) is 0 Å². The summed E-state index contributed by atoms with van der Waals surface area (Å²) in [7, 11) is 0. The Morgan fingerprint density at radius 2 is 1.05 bits per heavy atom. The number of fused-ring (bicyclic) bond motifs is 1. The smallest absolute Gasteiger partial charge is 0.00684 e. The first-order valence-electron chi connectivity index (χ1n) is 10.8. The Morgan fingerprint density at radius 1 is 0.545 bits per heavy atom. The molecule has 0 saturated heterocycles. The summed E-state index contributed by atoms with van der Waals surface area (Å²) in [6.45, 7) is 0. The number of hydrogen-bond donors (Lipinski definition) is 0. The minimum atomic E-state index is 0.995. The molecule has 0 amide bonds. The molecule has 11 saturated carbocycles. The Hall–Kier alpha value is 0. The lowest BCUT2D eigenvalue weighted by atomic mass is 8.73. The summed E-state index contributed by atoms with van der Waals surface area (Å²) < 4.78 is 0. The molecule has 0 N–H and O–H groups in total. The van der Waals surface area contributed by atoms with Gasteiger partial charge in [-0.3, -0.25) is 0 Å². The molecule has 0 aromatic rings. The average Bonchev–Trinajstić information content (AvgIpc) is 2.42. The minimum absolute atomic E-state index is 0.995. The fourth-order valence-corrected chi connectivity index (χ4v) is 17.1. The van der Waals surface area contributed by atoms with Crippen LogP contribution in [0.15, 0.2) is 0 Å². The average molecular weight is 288 g/mol. The molecule has 11 aliphatic carbocycles. The van der Waals surface area contributed by atoms with Gasteiger partial charge in [0.25, 0.3) is 0 Å². The standard InChI is InChI=1S/C22H24/c1-3-17-13(1)14-2-4-18(14,17)20-10-12-8-16-6-5-15(16)7-11-9-19(17,20)21(11,15)22(12,16)20/h11-14H,1-10H2. The molecule has 8 spiro atoms. The molecule has 0 aromatic carbocycles. The highest BCUT2D eigenvalue weighted by Gasteiger charge is 3.28. The van der Waals surface area contributed by atoms with Crippen molar-refractivity contribution >= 4 is 0 Å². The van der Waals surface area contributed by atoms with Crippen LogP contribution in [0.3, 0.4) is 0 Å². The molecule has 0 aromatic heterocycles. The van der Waals surface area contributed by atoms with Gasteiger partial charge >= 0.3 is 0 Å². The molecule has 112 valence electrons. The van der Waals surface area contributed by atoms with Crippen LogP contribution in [0.4, 0.5) is 0 Å². The van der Waals surface area contributed by atoms with Crippen molar-refractivity contribution in [2.45, 2.75) is 64.2 Å². The van der Waals surface area contributed by atoms with Crippen molar-refractivity contribution in [2.75, 3.05) is 0 Å². The Balaban J connectivity index is 1.33. The van der Waals surface area contributed by atoms with Crippen LogP contribution in [0.2, 0.25) is 0 Å². The van der Waals surface area contributed by atoms with Crippen molar-refractivity contribution in [1.82, 2.24) is 0 Å². The van der Waals surface area contributed by atoms with Gasteiger partial charge < -0.3 is 0 Å². The second-order valence-electron chi connectivity index (χ2n) is 12.5. The van der Waals surface area contributed by atoms with E-state index in [0.29, 0.717) is 0 Å². The number of rotatable bonds is 0. The van der Waals surface area contributed by atoms with Crippen molar-refractivity contribution in [3.63, 3.8) is 0 Å². The Morgan fingerprint density at radius 3 is 1.36 bits per heavy atom. The lowest BCUT2D eigenvalue weighted by Crippen LogP contribution is -3.26. The highest BCUT2D eigenvalue weighted by atomic mass is 15.3. The fourth-order valence-electron chi connectivity index (χ4n) is 17.1. The third kappa shape index (κ3) is 0.293. The molecular formula is C22H24. The van der Waals surface area contributed by atoms with Crippen LogP contribution in [0.1, 0.15) is 64.2 Å². The van der Waals surface area contributed by atoms with Gasteiger partial charge in [-0.15, -0.1) is 0 Å². The van der Waals surface area contributed by atoms with Crippen molar-refractivity contribution in [2.24, 2.45) is 67.0 Å². The van der Waals surface area contributed by atoms with Gasteiger partial charge in [0.15, 0.2) is 0 Å². The van der Waals surface area contributed by atoms with Crippen LogP contribution in [-0.2, 0) is 0 Å². The van der Waals surface area contributed by atoms with Crippen molar-refractivity contribution in [3.8, 4) is 0 Å². The maximum absolute atomic E-state index is 1.77. The van der Waals surface area contributed by atoms with E-state index in [0.717, 1.165) is 43.3 Å². The molecule has 0 bridgehead atoms. The van der Waals surface area contributed by atoms with Crippen LogP contribution in [0, 0.1) is 67.0 Å². The predicted molar refractivity (Wildman–Crippen MR) is 79.6 cm³/mol. The van der Waals surface area contributed by atoms with Gasteiger partial charge in [-0.25, -0.2) is 0 Å². The van der Waals surface area contributed by atoms with Crippen LogP contribution >= 0.6 is 0 Å². The highest BCUT2D eigenvalue weighted by Crippen LogP contribution is 3.32. The topological polar surface area (TPSA) is 0 Å². The molecular weight excluding hydrogens is 264 g/mol. The van der Waals surface area contributed by atoms with Crippen LogP contribution < -0.4 is 0 Å². The summed E-state index contributed by atoms with van der Waals surface area (Å²) in [4.78, 5) is 0. The van der Waals surface area contributed by atoms with Gasteiger partial charge in [-0.2, -0.15) is 0 Å². The third-order valence-corrected chi connectivity index (χ3v) is 15.4. The minimum Gasteiger partial charge on any atom is -0.0490 e. The van der Waals surface area contributed by atoms with E-state index in [1.165, 1.54) is 23.7 Å². The van der Waals surface area contributed by atoms with Gasteiger partial charge in [-0.05, 0) is 131 Å². The zero-order valence-electron chi connectivity index (χ0n) is 13.4. The molecule has 0 aliphatic heterocycles. The lowest BCUT2D eigenvalue weighted by Gasteiger charge is -3.30. The normalized spacial score (nSPS) is 100. The van der Waals surface area contributed by atoms with Crippen LogP contribution in [-0.4, -0.2) is 0 Å². The van der Waals surface area contributed by atoms with Gasteiger partial charge in [-0.1, -0.05) is 0 Å². The lowest BCUT2D eigenvalue weighted by molar-refractivity contribution is -0.840. The molecule has 11 rings (SSSR count). The maximum Gasteiger partial charge on any atom is -0.00684 e. The summed E-state index contributed by atoms with van der Waals surface area (Å²) >= 11 is 0. The summed E-state index contributed by atoms with van der Waals surface area (Å²) in [6.07, 6.45) is 17.2. The zero-order valence-corrected chi connectivity index (χ0v) is 13.4. The largest absolute Gasteiger partial charge is 0.0490 e. The van der Waals surface area contributed by atoms with Gasteiger partial charge in [0.1, 0.15) is 0 Å². The van der Waals surface area contributed by atoms with Gasteiger partial charge in [0, 0.05) is 0 Å². The monoisotopic (exact) mass is 288 g/mol. The maximum atomic E-state index is 1.77. The SMILES string of the molecule is C1CC23C1C1CCC12C12CC4CC56CCC57CC5CC31C57C462. The van der Waals surface area contributed by atoms with Crippen molar-refractivity contribution in [3.05, 3.63) is 0 Å². The first-order valence-corrected chi connectivity index (χ1v) is 10.8. The molecule has 0 heteroatoms. The second kappa shape index (κ2) is 1.71. The van der Waals surface area contributed by atoms with E-state index < -0.39 is 0 Å².